The number of rotatable bonds is 6. The van der Waals surface area contributed by atoms with Crippen LogP contribution in [0.15, 0.2) is 47.4 Å². The lowest BCUT2D eigenvalue weighted by atomic mass is 10.1. The van der Waals surface area contributed by atoms with Crippen LogP contribution in [-0.4, -0.2) is 56.1 Å². The molecule has 4 rings (SSSR count). The summed E-state index contributed by atoms with van der Waals surface area (Å²) in [5, 5.41) is 0.991. The molecule has 31 heavy (non-hydrogen) atoms. The molecular weight excluding hydrogens is 430 g/mol. The fourth-order valence-electron chi connectivity index (χ4n) is 3.80. The largest absolute Gasteiger partial charge is 0.345 e. The molecule has 1 aliphatic heterocycles. The lowest BCUT2D eigenvalue weighted by Gasteiger charge is -2.34. The Kier molecular flexibility index (Phi) is 6.29. The molecule has 2 heterocycles. The van der Waals surface area contributed by atoms with Gasteiger partial charge in [-0.3, -0.25) is 4.79 Å². The Hall–Kier alpha value is -2.45. The van der Waals surface area contributed by atoms with Crippen molar-refractivity contribution in [3.05, 3.63) is 53.6 Å². The molecule has 0 spiro atoms. The molecule has 164 valence electrons. The molecule has 0 saturated carbocycles. The van der Waals surface area contributed by atoms with Crippen LogP contribution < -0.4 is 4.90 Å². The van der Waals surface area contributed by atoms with E-state index in [2.05, 4.69) is 30.0 Å². The number of nitrogens with zero attached hydrogens (tertiary/aromatic N) is 3. The first kappa shape index (κ1) is 21.8. The number of hydrogen-bond donors (Lipinski definition) is 0. The smallest absolute Gasteiger partial charge is 0.223 e. The quantitative estimate of drug-likeness (QED) is 0.565. The molecule has 1 amide bonds. The number of amides is 1. The van der Waals surface area contributed by atoms with Gasteiger partial charge in [-0.1, -0.05) is 48.1 Å². The summed E-state index contributed by atoms with van der Waals surface area (Å²) in [6.45, 7) is 6.63. The van der Waals surface area contributed by atoms with Crippen molar-refractivity contribution in [3.63, 3.8) is 0 Å². The standard InChI is InChI=1S/C23H27N3O3S2/c1-3-18-5-4-6-20-22(18)24-23(30-20)26-14-12-25(13-15-26)21(27)11-16-31(28,29)19-9-7-17(2)8-10-19/h4-10H,3,11-16H2,1-2H3. The Morgan fingerprint density at radius 2 is 1.77 bits per heavy atom. The molecule has 3 aromatic rings. The van der Waals surface area contributed by atoms with Crippen molar-refractivity contribution in [2.45, 2.75) is 31.6 Å². The van der Waals surface area contributed by atoms with E-state index in [1.54, 1.807) is 40.5 Å². The van der Waals surface area contributed by atoms with Gasteiger partial charge in [-0.2, -0.15) is 0 Å². The molecular formula is C23H27N3O3S2. The highest BCUT2D eigenvalue weighted by atomic mass is 32.2. The lowest BCUT2D eigenvalue weighted by Crippen LogP contribution is -2.49. The van der Waals surface area contributed by atoms with Crippen LogP contribution in [-0.2, 0) is 21.1 Å². The van der Waals surface area contributed by atoms with Crippen LogP contribution in [0.3, 0.4) is 0 Å². The summed E-state index contributed by atoms with van der Waals surface area (Å²) in [6.07, 6.45) is 0.964. The van der Waals surface area contributed by atoms with Gasteiger partial charge in [-0.25, -0.2) is 13.4 Å². The molecule has 0 atom stereocenters. The van der Waals surface area contributed by atoms with Gasteiger partial charge < -0.3 is 9.80 Å². The number of aryl methyl sites for hydroxylation is 2. The Morgan fingerprint density at radius 3 is 2.45 bits per heavy atom. The van der Waals surface area contributed by atoms with E-state index in [0.717, 1.165) is 22.6 Å². The molecule has 1 saturated heterocycles. The molecule has 1 aliphatic rings. The number of sulfone groups is 1. The van der Waals surface area contributed by atoms with Crippen molar-refractivity contribution in [1.29, 1.82) is 0 Å². The maximum Gasteiger partial charge on any atom is 0.223 e. The van der Waals surface area contributed by atoms with E-state index < -0.39 is 9.84 Å². The highest BCUT2D eigenvalue weighted by Crippen LogP contribution is 2.31. The van der Waals surface area contributed by atoms with E-state index in [1.165, 1.54) is 10.3 Å². The van der Waals surface area contributed by atoms with E-state index in [9.17, 15) is 13.2 Å². The van der Waals surface area contributed by atoms with Crippen LogP contribution in [0.5, 0.6) is 0 Å². The van der Waals surface area contributed by atoms with E-state index in [-0.39, 0.29) is 23.0 Å². The zero-order valence-electron chi connectivity index (χ0n) is 17.9. The number of benzene rings is 2. The summed E-state index contributed by atoms with van der Waals surface area (Å²) in [5.41, 5.74) is 3.33. The van der Waals surface area contributed by atoms with Gasteiger partial charge in [-0.15, -0.1) is 0 Å². The first-order chi connectivity index (χ1) is 14.9. The first-order valence-corrected chi connectivity index (χ1v) is 13.0. The maximum atomic E-state index is 12.6. The number of aromatic nitrogens is 1. The highest BCUT2D eigenvalue weighted by molar-refractivity contribution is 7.91. The van der Waals surface area contributed by atoms with Crippen LogP contribution in [0, 0.1) is 6.92 Å². The number of anilines is 1. The lowest BCUT2D eigenvalue weighted by molar-refractivity contribution is -0.131. The highest BCUT2D eigenvalue weighted by Gasteiger charge is 2.25. The molecule has 0 aliphatic carbocycles. The Bertz CT molecular complexity index is 1180. The average molecular weight is 458 g/mol. The van der Waals surface area contributed by atoms with E-state index in [4.69, 9.17) is 4.98 Å². The predicted molar refractivity (Wildman–Crippen MR) is 126 cm³/mol. The summed E-state index contributed by atoms with van der Waals surface area (Å²) in [4.78, 5) is 21.7. The normalized spacial score (nSPS) is 14.9. The average Bonchev–Trinajstić information content (AvgIpc) is 3.22. The van der Waals surface area contributed by atoms with Crippen LogP contribution >= 0.6 is 11.3 Å². The topological polar surface area (TPSA) is 70.6 Å². The molecule has 0 bridgehead atoms. The maximum absolute atomic E-state index is 12.6. The van der Waals surface area contributed by atoms with Crippen molar-refractivity contribution in [1.82, 2.24) is 9.88 Å². The predicted octanol–water partition coefficient (Wildman–Crippen LogP) is 3.68. The second-order valence-corrected chi connectivity index (χ2v) is 11.0. The summed E-state index contributed by atoms with van der Waals surface area (Å²) >= 11 is 1.69. The minimum absolute atomic E-state index is 0.0111. The number of para-hydroxylation sites is 1. The second-order valence-electron chi connectivity index (χ2n) is 7.86. The third-order valence-electron chi connectivity index (χ3n) is 5.74. The van der Waals surface area contributed by atoms with Gasteiger partial charge in [0.25, 0.3) is 0 Å². The Labute approximate surface area is 187 Å². The third kappa shape index (κ3) is 4.75. The van der Waals surface area contributed by atoms with Gasteiger partial charge in [0, 0.05) is 32.6 Å². The third-order valence-corrected chi connectivity index (χ3v) is 8.55. The number of carbonyl (C=O) groups excluding carboxylic acids is 1. The van der Waals surface area contributed by atoms with Crippen LogP contribution in [0.4, 0.5) is 5.13 Å². The summed E-state index contributed by atoms with van der Waals surface area (Å²) in [6, 6.07) is 13.1. The van der Waals surface area contributed by atoms with Gasteiger partial charge in [0.1, 0.15) is 0 Å². The zero-order valence-corrected chi connectivity index (χ0v) is 19.5. The summed E-state index contributed by atoms with van der Waals surface area (Å²) < 4.78 is 26.2. The van der Waals surface area contributed by atoms with E-state index in [0.29, 0.717) is 26.2 Å². The molecule has 0 N–H and O–H groups in total. The molecule has 2 aromatic carbocycles. The Morgan fingerprint density at radius 1 is 1.06 bits per heavy atom. The van der Waals surface area contributed by atoms with E-state index in [1.807, 2.05) is 6.92 Å². The number of fused-ring (bicyclic) bond motifs is 1. The molecule has 0 radical (unpaired) electrons. The fraction of sp³-hybridized carbons (Fsp3) is 0.391. The zero-order chi connectivity index (χ0) is 22.0. The molecule has 0 unspecified atom stereocenters. The molecule has 6 nitrogen and oxygen atoms in total. The number of thiazole rings is 1. The second kappa shape index (κ2) is 8.96. The molecule has 1 aromatic heterocycles. The number of piperazine rings is 1. The number of carbonyl (C=O) groups is 1. The van der Waals surface area contributed by atoms with Crippen LogP contribution in [0.1, 0.15) is 24.5 Å². The molecule has 1 fully saturated rings. The van der Waals surface area contributed by atoms with Crippen molar-refractivity contribution >= 4 is 42.4 Å². The van der Waals surface area contributed by atoms with Gasteiger partial charge >= 0.3 is 0 Å². The monoisotopic (exact) mass is 457 g/mol. The summed E-state index contributed by atoms with van der Waals surface area (Å²) in [7, 11) is -3.45. The minimum atomic E-state index is -3.45. The van der Waals surface area contributed by atoms with Crippen molar-refractivity contribution < 1.29 is 13.2 Å². The van der Waals surface area contributed by atoms with Crippen LogP contribution in [0.2, 0.25) is 0 Å². The minimum Gasteiger partial charge on any atom is -0.345 e. The van der Waals surface area contributed by atoms with Gasteiger partial charge in [0.15, 0.2) is 15.0 Å². The van der Waals surface area contributed by atoms with Gasteiger partial charge in [0.05, 0.1) is 20.9 Å². The van der Waals surface area contributed by atoms with Crippen LogP contribution in [0.25, 0.3) is 10.2 Å². The van der Waals surface area contributed by atoms with E-state index >= 15 is 0 Å². The van der Waals surface area contributed by atoms with Crippen molar-refractivity contribution in [2.24, 2.45) is 0 Å². The SMILES string of the molecule is CCc1cccc2sc(N3CCN(C(=O)CCS(=O)(=O)c4ccc(C)cc4)CC3)nc12. The van der Waals surface area contributed by atoms with Crippen molar-refractivity contribution in [3.8, 4) is 0 Å². The van der Waals surface area contributed by atoms with Gasteiger partial charge in [-0.05, 0) is 37.1 Å². The van der Waals surface area contributed by atoms with Crippen molar-refractivity contribution in [2.75, 3.05) is 36.8 Å². The molecule has 8 heteroatoms. The first-order valence-electron chi connectivity index (χ1n) is 10.6. The number of hydrogen-bond acceptors (Lipinski definition) is 6. The Balaban J connectivity index is 1.34. The van der Waals surface area contributed by atoms with Gasteiger partial charge in [0.2, 0.25) is 5.91 Å². The summed E-state index contributed by atoms with van der Waals surface area (Å²) in [5.74, 6) is -0.264. The fourth-order valence-corrected chi connectivity index (χ4v) is 6.10.